The number of imide groups is 1. The third kappa shape index (κ3) is 2.72. The van der Waals surface area contributed by atoms with Gasteiger partial charge in [-0.05, 0) is 37.6 Å². The lowest BCUT2D eigenvalue weighted by Crippen LogP contribution is -2.34. The highest BCUT2D eigenvalue weighted by Crippen LogP contribution is 2.38. The maximum Gasteiger partial charge on any atom is 0.421 e. The van der Waals surface area contributed by atoms with E-state index in [4.69, 9.17) is 9.84 Å². The molecule has 6 heteroatoms. The second-order valence-corrected chi connectivity index (χ2v) is 5.60. The first kappa shape index (κ1) is 16.0. The van der Waals surface area contributed by atoms with Crippen molar-refractivity contribution in [3.05, 3.63) is 52.8 Å². The predicted octanol–water partition coefficient (Wildman–Crippen LogP) is 2.65. The van der Waals surface area contributed by atoms with E-state index in [9.17, 15) is 9.59 Å². The summed E-state index contributed by atoms with van der Waals surface area (Å²) in [5.41, 5.74) is 4.43. The van der Waals surface area contributed by atoms with E-state index in [0.717, 1.165) is 21.9 Å². The van der Waals surface area contributed by atoms with Crippen LogP contribution >= 0.6 is 0 Å². The summed E-state index contributed by atoms with van der Waals surface area (Å²) in [7, 11) is 0. The molecule has 0 atom stereocenters. The quantitative estimate of drug-likeness (QED) is 0.850. The van der Waals surface area contributed by atoms with Crippen LogP contribution in [0, 0.1) is 13.8 Å². The van der Waals surface area contributed by atoms with Crippen LogP contribution in [0.15, 0.2) is 30.3 Å². The Hall–Kier alpha value is -2.86. The number of aliphatic hydroxyl groups excluding tert-OH is 1. The number of rotatable bonds is 3. The largest absolute Gasteiger partial charge is 0.446 e. The number of nitrogens with one attached hydrogen (secondary N) is 1. The molecule has 0 aliphatic carbocycles. The van der Waals surface area contributed by atoms with E-state index in [1.54, 1.807) is 24.3 Å². The summed E-state index contributed by atoms with van der Waals surface area (Å²) >= 11 is 0. The van der Waals surface area contributed by atoms with E-state index < -0.39 is 12.0 Å². The first-order chi connectivity index (χ1) is 11.5. The summed E-state index contributed by atoms with van der Waals surface area (Å²) in [6.07, 6.45) is 0.965. The third-order valence-corrected chi connectivity index (χ3v) is 3.85. The highest BCUT2D eigenvalue weighted by atomic mass is 16.6. The maximum atomic E-state index is 12.8. The number of carbonyl (C=O) groups excluding carboxylic acids is 2. The van der Waals surface area contributed by atoms with E-state index in [1.165, 1.54) is 0 Å². The second-order valence-electron chi connectivity index (χ2n) is 5.60. The minimum absolute atomic E-state index is 0.154. The van der Waals surface area contributed by atoms with Crippen molar-refractivity contribution in [2.24, 2.45) is 0 Å². The molecule has 2 N–H and O–H groups in total. The number of benzene rings is 1. The molecular formula is C18H18N2O4. The van der Waals surface area contributed by atoms with E-state index in [1.807, 2.05) is 26.0 Å². The molecule has 1 aliphatic heterocycles. The smallest absolute Gasteiger partial charge is 0.421 e. The topological polar surface area (TPSA) is 82.6 Å². The predicted molar refractivity (Wildman–Crippen MR) is 90.5 cm³/mol. The number of nitrogens with zero attached hydrogens (tertiary/aromatic N) is 1. The number of ether oxygens (including phenoxy) is 1. The first-order valence-electron chi connectivity index (χ1n) is 7.62. The van der Waals surface area contributed by atoms with E-state index in [-0.39, 0.29) is 13.2 Å². The van der Waals surface area contributed by atoms with E-state index in [2.05, 4.69) is 4.98 Å². The molecule has 2 heterocycles. The van der Waals surface area contributed by atoms with E-state index in [0.29, 0.717) is 16.8 Å². The van der Waals surface area contributed by atoms with Crippen LogP contribution in [-0.4, -0.2) is 35.3 Å². The van der Waals surface area contributed by atoms with Crippen LogP contribution in [-0.2, 0) is 9.53 Å². The van der Waals surface area contributed by atoms with Crippen molar-refractivity contribution < 1.29 is 19.4 Å². The van der Waals surface area contributed by atoms with Crippen molar-refractivity contribution >= 4 is 29.3 Å². The van der Waals surface area contributed by atoms with Crippen LogP contribution in [0.5, 0.6) is 0 Å². The van der Waals surface area contributed by atoms with Crippen molar-refractivity contribution in [2.45, 2.75) is 13.8 Å². The number of hydrogen-bond acceptors (Lipinski definition) is 4. The van der Waals surface area contributed by atoms with Gasteiger partial charge in [-0.3, -0.25) is 4.79 Å². The molecule has 124 valence electrons. The number of H-pyrrole nitrogens is 1. The van der Waals surface area contributed by atoms with Crippen molar-refractivity contribution in [1.29, 1.82) is 0 Å². The van der Waals surface area contributed by atoms with Crippen LogP contribution < -0.4 is 4.90 Å². The minimum Gasteiger partial charge on any atom is -0.446 e. The molecule has 2 amide bonds. The van der Waals surface area contributed by atoms with Gasteiger partial charge in [-0.25, -0.2) is 9.69 Å². The zero-order chi connectivity index (χ0) is 17.3. The van der Waals surface area contributed by atoms with Crippen molar-refractivity contribution in [1.82, 2.24) is 4.98 Å². The number of anilines is 1. The molecule has 0 fully saturated rings. The van der Waals surface area contributed by atoms with Gasteiger partial charge in [0, 0.05) is 17.0 Å². The van der Waals surface area contributed by atoms with Gasteiger partial charge in [-0.2, -0.15) is 0 Å². The Labute approximate surface area is 139 Å². The number of amides is 2. The number of carbonyl (C=O) groups is 2. The van der Waals surface area contributed by atoms with Crippen LogP contribution in [0.1, 0.15) is 22.5 Å². The van der Waals surface area contributed by atoms with Gasteiger partial charge in [0.25, 0.3) is 5.91 Å². The van der Waals surface area contributed by atoms with Gasteiger partial charge in [-0.15, -0.1) is 0 Å². The molecule has 0 spiro atoms. The number of aromatic amines is 1. The molecule has 1 aromatic carbocycles. The molecule has 0 unspecified atom stereocenters. The second kappa shape index (κ2) is 6.33. The molecule has 3 rings (SSSR count). The van der Waals surface area contributed by atoms with Gasteiger partial charge < -0.3 is 14.8 Å². The maximum absolute atomic E-state index is 12.8. The van der Waals surface area contributed by atoms with Crippen molar-refractivity contribution in [2.75, 3.05) is 18.1 Å². The summed E-state index contributed by atoms with van der Waals surface area (Å²) < 4.78 is 4.91. The Morgan fingerprint density at radius 1 is 1.33 bits per heavy atom. The van der Waals surface area contributed by atoms with Crippen molar-refractivity contribution in [3.63, 3.8) is 0 Å². The summed E-state index contributed by atoms with van der Waals surface area (Å²) in [5, 5.41) is 8.80. The standard InChI is InChI=1S/C18H18N2O4/c1-11-9-12(2)19-15(11)10-14-13-5-3-4-6-16(13)20(17(14)22)18(23)24-8-7-21/h3-6,9-10,19,21H,7-8H2,1-2H3. The molecular weight excluding hydrogens is 308 g/mol. The van der Waals surface area contributed by atoms with Gasteiger partial charge in [0.05, 0.1) is 17.9 Å². The molecule has 0 radical (unpaired) electrons. The van der Waals surface area contributed by atoms with Crippen LogP contribution in [0.25, 0.3) is 11.6 Å². The Kier molecular flexibility index (Phi) is 4.22. The van der Waals surface area contributed by atoms with Crippen LogP contribution in [0.2, 0.25) is 0 Å². The number of para-hydroxylation sites is 1. The fourth-order valence-corrected chi connectivity index (χ4v) is 2.80. The van der Waals surface area contributed by atoms with Gasteiger partial charge in [0.2, 0.25) is 0 Å². The SMILES string of the molecule is Cc1cc(C)c(C=C2C(=O)N(C(=O)OCCO)c3ccccc32)[nH]1. The normalized spacial score (nSPS) is 15.0. The molecule has 24 heavy (non-hydrogen) atoms. The number of hydrogen-bond donors (Lipinski definition) is 2. The average Bonchev–Trinajstić information content (AvgIpc) is 3.02. The van der Waals surface area contributed by atoms with Gasteiger partial charge in [0.15, 0.2) is 0 Å². The monoisotopic (exact) mass is 326 g/mol. The average molecular weight is 326 g/mol. The molecule has 0 saturated carbocycles. The molecule has 1 aromatic heterocycles. The molecule has 6 nitrogen and oxygen atoms in total. The van der Waals surface area contributed by atoms with Gasteiger partial charge in [0.1, 0.15) is 6.61 Å². The highest BCUT2D eigenvalue weighted by Gasteiger charge is 2.37. The minimum atomic E-state index is -0.788. The zero-order valence-electron chi connectivity index (χ0n) is 13.5. The summed E-state index contributed by atoms with van der Waals surface area (Å²) in [6.45, 7) is 3.45. The van der Waals surface area contributed by atoms with Crippen LogP contribution in [0.3, 0.4) is 0 Å². The Morgan fingerprint density at radius 3 is 2.75 bits per heavy atom. The Balaban J connectivity index is 2.05. The fraction of sp³-hybridized carbons (Fsp3) is 0.222. The highest BCUT2D eigenvalue weighted by molar-refractivity contribution is 6.41. The van der Waals surface area contributed by atoms with Gasteiger partial charge >= 0.3 is 6.09 Å². The summed E-state index contributed by atoms with van der Waals surface area (Å²) in [5.74, 6) is -0.439. The van der Waals surface area contributed by atoms with Crippen molar-refractivity contribution in [3.8, 4) is 0 Å². The molecule has 2 aromatic rings. The Bertz CT molecular complexity index is 835. The number of aliphatic hydroxyl groups is 1. The Morgan fingerprint density at radius 2 is 2.08 bits per heavy atom. The lowest BCUT2D eigenvalue weighted by molar-refractivity contribution is -0.112. The summed E-state index contributed by atoms with van der Waals surface area (Å²) in [6, 6.07) is 9.05. The number of aryl methyl sites for hydroxylation is 2. The molecule has 0 saturated heterocycles. The first-order valence-corrected chi connectivity index (χ1v) is 7.62. The van der Waals surface area contributed by atoms with Crippen LogP contribution in [0.4, 0.5) is 10.5 Å². The molecule has 0 bridgehead atoms. The fourth-order valence-electron chi connectivity index (χ4n) is 2.80. The van der Waals surface area contributed by atoms with Gasteiger partial charge in [-0.1, -0.05) is 18.2 Å². The lowest BCUT2D eigenvalue weighted by atomic mass is 10.1. The molecule has 1 aliphatic rings. The van der Waals surface area contributed by atoms with E-state index >= 15 is 0 Å². The lowest BCUT2D eigenvalue weighted by Gasteiger charge is -2.14. The number of fused-ring (bicyclic) bond motifs is 1. The third-order valence-electron chi connectivity index (χ3n) is 3.85. The number of aromatic nitrogens is 1. The summed E-state index contributed by atoms with van der Waals surface area (Å²) in [4.78, 5) is 29.2. The zero-order valence-corrected chi connectivity index (χ0v) is 13.5.